The van der Waals surface area contributed by atoms with Gasteiger partial charge in [0.2, 0.25) is 0 Å². The minimum Gasteiger partial charge on any atom is -0.497 e. The van der Waals surface area contributed by atoms with E-state index in [0.717, 1.165) is 12.6 Å². The van der Waals surface area contributed by atoms with Crippen molar-refractivity contribution in [3.8, 4) is 11.5 Å². The number of hydrogen-bond acceptors (Lipinski definition) is 4. The molecule has 1 aliphatic heterocycles. The van der Waals surface area contributed by atoms with Crippen molar-refractivity contribution < 1.29 is 22.6 Å². The highest BCUT2D eigenvalue weighted by molar-refractivity contribution is 5.50. The summed E-state index contributed by atoms with van der Waals surface area (Å²) in [5.74, 6) is 0.302. The van der Waals surface area contributed by atoms with Gasteiger partial charge in [0.25, 0.3) is 0 Å². The van der Waals surface area contributed by atoms with E-state index in [1.165, 1.54) is 14.2 Å². The number of ether oxygens (including phenoxy) is 2. The van der Waals surface area contributed by atoms with Gasteiger partial charge in [-0.1, -0.05) is 0 Å². The van der Waals surface area contributed by atoms with E-state index in [9.17, 15) is 13.2 Å². The fourth-order valence-corrected chi connectivity index (χ4v) is 3.07. The molecule has 0 bridgehead atoms. The van der Waals surface area contributed by atoms with Gasteiger partial charge in [0.1, 0.15) is 17.1 Å². The topological polar surface area (TPSA) is 47.7 Å². The molecular weight excluding hydrogens is 297 g/mol. The van der Waals surface area contributed by atoms with Gasteiger partial charge in [0, 0.05) is 18.2 Å². The predicted octanol–water partition coefficient (Wildman–Crippen LogP) is 2.67. The Morgan fingerprint density at radius 1 is 1.27 bits per heavy atom. The molecule has 1 aromatic carbocycles. The molecule has 0 amide bonds. The highest BCUT2D eigenvalue weighted by Crippen LogP contribution is 2.46. The Morgan fingerprint density at radius 2 is 1.95 bits per heavy atom. The second-order valence-electron chi connectivity index (χ2n) is 5.59. The number of hydrogen-bond donors (Lipinski definition) is 1. The monoisotopic (exact) mass is 318 g/mol. The average Bonchev–Trinajstić information content (AvgIpc) is 2.85. The maximum atomic E-state index is 13.3. The van der Waals surface area contributed by atoms with Crippen LogP contribution in [0.5, 0.6) is 11.5 Å². The molecule has 4 nitrogen and oxygen atoms in total. The summed E-state index contributed by atoms with van der Waals surface area (Å²) in [6, 6.07) is 2.42. The first-order valence-corrected chi connectivity index (χ1v) is 7.05. The third kappa shape index (κ3) is 3.15. The number of benzene rings is 1. The number of likely N-dealkylation sites (tertiary alicyclic amines) is 1. The van der Waals surface area contributed by atoms with E-state index in [1.807, 2.05) is 11.9 Å². The molecule has 0 spiro atoms. The van der Waals surface area contributed by atoms with Crippen molar-refractivity contribution in [1.29, 1.82) is 0 Å². The Kier molecular flexibility index (Phi) is 4.87. The van der Waals surface area contributed by atoms with E-state index < -0.39 is 11.7 Å². The van der Waals surface area contributed by atoms with E-state index in [1.54, 1.807) is 6.07 Å². The number of nitrogens with two attached hydrogens (primary N) is 1. The lowest BCUT2D eigenvalue weighted by Crippen LogP contribution is -2.21. The van der Waals surface area contributed by atoms with E-state index >= 15 is 0 Å². The molecule has 22 heavy (non-hydrogen) atoms. The van der Waals surface area contributed by atoms with Gasteiger partial charge in [-0.2, -0.15) is 13.2 Å². The Labute approximate surface area is 128 Å². The maximum Gasteiger partial charge on any atom is 0.420 e. The first-order chi connectivity index (χ1) is 10.3. The van der Waals surface area contributed by atoms with Crippen LogP contribution in [0.1, 0.15) is 23.6 Å². The van der Waals surface area contributed by atoms with Gasteiger partial charge in [-0.15, -0.1) is 0 Å². The van der Waals surface area contributed by atoms with Crippen molar-refractivity contribution in [2.75, 3.05) is 34.4 Å². The van der Waals surface area contributed by atoms with Gasteiger partial charge in [0.05, 0.1) is 14.2 Å². The summed E-state index contributed by atoms with van der Waals surface area (Å²) < 4.78 is 50.0. The Bertz CT molecular complexity index is 534. The molecule has 7 heteroatoms. The largest absolute Gasteiger partial charge is 0.497 e. The summed E-state index contributed by atoms with van der Waals surface area (Å²) in [6.45, 7) is 1.27. The van der Waals surface area contributed by atoms with Crippen molar-refractivity contribution in [2.24, 2.45) is 11.7 Å². The molecule has 2 atom stereocenters. The summed E-state index contributed by atoms with van der Waals surface area (Å²) in [5, 5.41) is 0. The maximum absolute atomic E-state index is 13.3. The van der Waals surface area contributed by atoms with Crippen LogP contribution in [-0.2, 0) is 6.18 Å². The summed E-state index contributed by atoms with van der Waals surface area (Å²) in [4.78, 5) is 2.01. The van der Waals surface area contributed by atoms with Crippen molar-refractivity contribution >= 4 is 0 Å². The SMILES string of the molecule is COc1cc(C2CC(CN)CN2C)c(OC)c(C(F)(F)F)c1. The van der Waals surface area contributed by atoms with E-state index in [0.29, 0.717) is 18.5 Å². The molecule has 2 N–H and O–H groups in total. The molecule has 0 aromatic heterocycles. The van der Waals surface area contributed by atoms with Crippen molar-refractivity contribution in [3.05, 3.63) is 23.3 Å². The second-order valence-corrected chi connectivity index (χ2v) is 5.59. The molecular formula is C15H21F3N2O2. The van der Waals surface area contributed by atoms with Gasteiger partial charge in [-0.05, 0) is 38.1 Å². The van der Waals surface area contributed by atoms with Gasteiger partial charge in [-0.25, -0.2) is 0 Å². The minimum absolute atomic E-state index is 0.136. The van der Waals surface area contributed by atoms with Crippen LogP contribution < -0.4 is 15.2 Å². The minimum atomic E-state index is -4.50. The lowest BCUT2D eigenvalue weighted by Gasteiger charge is -2.25. The molecule has 1 aromatic rings. The zero-order valence-electron chi connectivity index (χ0n) is 12.9. The quantitative estimate of drug-likeness (QED) is 0.927. The zero-order valence-corrected chi connectivity index (χ0v) is 12.9. The fraction of sp³-hybridized carbons (Fsp3) is 0.600. The Hall–Kier alpha value is -1.47. The van der Waals surface area contributed by atoms with Crippen LogP contribution in [0.15, 0.2) is 12.1 Å². The molecule has 2 rings (SSSR count). The van der Waals surface area contributed by atoms with Crippen LogP contribution in [-0.4, -0.2) is 39.3 Å². The van der Waals surface area contributed by atoms with Gasteiger partial charge >= 0.3 is 6.18 Å². The van der Waals surface area contributed by atoms with Gasteiger partial charge in [0.15, 0.2) is 0 Å². The number of nitrogens with zero attached hydrogens (tertiary/aromatic N) is 1. The average molecular weight is 318 g/mol. The first-order valence-electron chi connectivity index (χ1n) is 7.05. The summed E-state index contributed by atoms with van der Waals surface area (Å²) in [6.07, 6.45) is -3.80. The molecule has 2 unspecified atom stereocenters. The smallest absolute Gasteiger partial charge is 0.420 e. The van der Waals surface area contributed by atoms with Crippen LogP contribution in [0.2, 0.25) is 0 Å². The zero-order chi connectivity index (χ0) is 16.5. The van der Waals surface area contributed by atoms with Crippen LogP contribution in [0.3, 0.4) is 0 Å². The van der Waals surface area contributed by atoms with Crippen molar-refractivity contribution in [3.63, 3.8) is 0 Å². The van der Waals surface area contributed by atoms with Crippen molar-refractivity contribution in [2.45, 2.75) is 18.6 Å². The fourth-order valence-electron chi connectivity index (χ4n) is 3.07. The lowest BCUT2D eigenvalue weighted by atomic mass is 9.96. The number of halogens is 3. The van der Waals surface area contributed by atoms with Gasteiger partial charge in [-0.3, -0.25) is 4.90 Å². The number of rotatable bonds is 4. The molecule has 0 aliphatic carbocycles. The highest BCUT2D eigenvalue weighted by atomic mass is 19.4. The Morgan fingerprint density at radius 3 is 2.41 bits per heavy atom. The first kappa shape index (κ1) is 16.9. The molecule has 0 saturated carbocycles. The lowest BCUT2D eigenvalue weighted by molar-refractivity contribution is -0.139. The van der Waals surface area contributed by atoms with Crippen LogP contribution >= 0.6 is 0 Å². The summed E-state index contributed by atoms with van der Waals surface area (Å²) in [5.41, 5.74) is 5.38. The molecule has 0 radical (unpaired) electrons. The van der Waals surface area contributed by atoms with Crippen LogP contribution in [0.25, 0.3) is 0 Å². The predicted molar refractivity (Wildman–Crippen MR) is 77.1 cm³/mol. The summed E-state index contributed by atoms with van der Waals surface area (Å²) in [7, 11) is 4.50. The number of methoxy groups -OCH3 is 2. The van der Waals surface area contributed by atoms with Crippen molar-refractivity contribution in [1.82, 2.24) is 4.90 Å². The third-order valence-electron chi connectivity index (χ3n) is 4.16. The molecule has 1 heterocycles. The Balaban J connectivity index is 2.54. The van der Waals surface area contributed by atoms with Crippen LogP contribution in [0, 0.1) is 5.92 Å². The molecule has 1 aliphatic rings. The molecule has 124 valence electrons. The summed E-state index contributed by atoms with van der Waals surface area (Å²) >= 11 is 0. The van der Waals surface area contributed by atoms with E-state index in [2.05, 4.69) is 0 Å². The molecule has 1 fully saturated rings. The standard InChI is InChI=1S/C15H21F3N2O2/c1-20-8-9(7-19)4-13(20)11-5-10(21-2)6-12(14(11)22-3)15(16,17)18/h5-6,9,13H,4,7-8,19H2,1-3H3. The number of alkyl halides is 3. The third-order valence-corrected chi connectivity index (χ3v) is 4.16. The van der Waals surface area contributed by atoms with E-state index in [4.69, 9.17) is 15.2 Å². The van der Waals surface area contributed by atoms with E-state index in [-0.39, 0.29) is 23.5 Å². The van der Waals surface area contributed by atoms with Crippen LogP contribution in [0.4, 0.5) is 13.2 Å². The molecule has 1 saturated heterocycles. The second kappa shape index (κ2) is 6.34. The van der Waals surface area contributed by atoms with Gasteiger partial charge < -0.3 is 15.2 Å². The highest BCUT2D eigenvalue weighted by Gasteiger charge is 2.39. The normalized spacial score (nSPS) is 22.9.